The number of nitrogens with one attached hydrogen (secondary N) is 2. The van der Waals surface area contributed by atoms with Gasteiger partial charge in [-0.15, -0.1) is 0 Å². The summed E-state index contributed by atoms with van der Waals surface area (Å²) in [5.41, 5.74) is 6.09. The maximum atomic E-state index is 12.0. The Labute approximate surface area is 149 Å². The number of nitrogens with two attached hydrogens (primary N) is 1. The second-order valence-electron chi connectivity index (χ2n) is 5.12. The van der Waals surface area contributed by atoms with Crippen LogP contribution in [0.3, 0.4) is 0 Å². The molecule has 8 heteroatoms. The summed E-state index contributed by atoms with van der Waals surface area (Å²) in [6, 6.07) is 11.9. The molecule has 0 aromatic heterocycles. The van der Waals surface area contributed by atoms with Gasteiger partial charge in [0.25, 0.3) is 5.91 Å². The van der Waals surface area contributed by atoms with Gasteiger partial charge >= 0.3 is 17.8 Å². The minimum Gasteiger partial charge on any atom is -0.462 e. The van der Waals surface area contributed by atoms with E-state index in [0.29, 0.717) is 11.3 Å². The lowest BCUT2D eigenvalue weighted by molar-refractivity contribution is -0.133. The van der Waals surface area contributed by atoms with E-state index in [9.17, 15) is 19.2 Å². The Morgan fingerprint density at radius 3 is 2.15 bits per heavy atom. The fraction of sp³-hybridized carbons (Fsp3) is 0.111. The van der Waals surface area contributed by atoms with Crippen LogP contribution in [-0.2, 0) is 14.3 Å². The highest BCUT2D eigenvalue weighted by molar-refractivity contribution is 6.44. The van der Waals surface area contributed by atoms with E-state index in [1.807, 2.05) is 0 Å². The number of esters is 1. The molecule has 26 heavy (non-hydrogen) atoms. The molecule has 0 bridgehead atoms. The van der Waals surface area contributed by atoms with Crippen molar-refractivity contribution in [3.63, 3.8) is 0 Å². The largest absolute Gasteiger partial charge is 0.462 e. The molecule has 2 aromatic rings. The fourth-order valence-corrected chi connectivity index (χ4v) is 2.08. The number of hydrogen-bond donors (Lipinski definition) is 3. The average Bonchev–Trinajstić information content (AvgIpc) is 2.62. The number of ether oxygens (including phenoxy) is 1. The minimum absolute atomic E-state index is 0.0902. The number of amides is 3. The van der Waals surface area contributed by atoms with Gasteiger partial charge in [-0.25, -0.2) is 4.79 Å². The van der Waals surface area contributed by atoms with Gasteiger partial charge < -0.3 is 21.1 Å². The van der Waals surface area contributed by atoms with E-state index >= 15 is 0 Å². The summed E-state index contributed by atoms with van der Waals surface area (Å²) in [5, 5.41) is 4.72. The van der Waals surface area contributed by atoms with Crippen molar-refractivity contribution < 1.29 is 23.9 Å². The maximum absolute atomic E-state index is 12.0. The molecule has 2 rings (SSSR count). The van der Waals surface area contributed by atoms with E-state index in [0.717, 1.165) is 0 Å². The Kier molecular flexibility index (Phi) is 6.05. The van der Waals surface area contributed by atoms with Gasteiger partial charge in [0, 0.05) is 5.69 Å². The second kappa shape index (κ2) is 8.43. The van der Waals surface area contributed by atoms with Gasteiger partial charge in [0.05, 0.1) is 23.4 Å². The Bertz CT molecular complexity index is 846. The van der Waals surface area contributed by atoms with Crippen LogP contribution in [0.2, 0.25) is 0 Å². The molecule has 0 aliphatic carbocycles. The summed E-state index contributed by atoms with van der Waals surface area (Å²) < 4.78 is 4.86. The van der Waals surface area contributed by atoms with E-state index in [2.05, 4.69) is 10.6 Å². The lowest BCUT2D eigenvalue weighted by Crippen LogP contribution is -2.30. The first-order chi connectivity index (χ1) is 12.4. The monoisotopic (exact) mass is 355 g/mol. The van der Waals surface area contributed by atoms with Crippen molar-refractivity contribution in [2.45, 2.75) is 6.92 Å². The number of carbonyl (C=O) groups is 4. The number of benzene rings is 2. The van der Waals surface area contributed by atoms with Crippen molar-refractivity contribution in [2.24, 2.45) is 5.73 Å². The second-order valence-corrected chi connectivity index (χ2v) is 5.12. The fourth-order valence-electron chi connectivity index (χ4n) is 2.08. The highest BCUT2D eigenvalue weighted by Crippen LogP contribution is 2.15. The van der Waals surface area contributed by atoms with Gasteiger partial charge in [0.15, 0.2) is 0 Å². The molecular weight excluding hydrogens is 338 g/mol. The van der Waals surface area contributed by atoms with Crippen LogP contribution < -0.4 is 16.4 Å². The summed E-state index contributed by atoms with van der Waals surface area (Å²) in [5.74, 6) is -3.11. The zero-order valence-corrected chi connectivity index (χ0v) is 13.9. The molecule has 0 heterocycles. The third kappa shape index (κ3) is 4.67. The van der Waals surface area contributed by atoms with Crippen LogP contribution in [0, 0.1) is 0 Å². The van der Waals surface area contributed by atoms with E-state index in [-0.39, 0.29) is 17.9 Å². The van der Waals surface area contributed by atoms with Gasteiger partial charge in [-0.05, 0) is 43.3 Å². The van der Waals surface area contributed by atoms with Crippen LogP contribution in [0.5, 0.6) is 0 Å². The van der Waals surface area contributed by atoms with Crippen molar-refractivity contribution in [3.8, 4) is 0 Å². The number of carbonyl (C=O) groups excluding carboxylic acids is 4. The molecule has 2 aromatic carbocycles. The van der Waals surface area contributed by atoms with Crippen LogP contribution in [-0.4, -0.2) is 30.3 Å². The van der Waals surface area contributed by atoms with Gasteiger partial charge in [0.2, 0.25) is 0 Å². The van der Waals surface area contributed by atoms with Gasteiger partial charge in [-0.3, -0.25) is 14.4 Å². The van der Waals surface area contributed by atoms with Crippen molar-refractivity contribution in [2.75, 3.05) is 17.2 Å². The van der Waals surface area contributed by atoms with E-state index in [4.69, 9.17) is 10.5 Å². The average molecular weight is 355 g/mol. The number of anilines is 2. The normalized spacial score (nSPS) is 9.88. The van der Waals surface area contributed by atoms with Crippen LogP contribution in [0.25, 0.3) is 0 Å². The van der Waals surface area contributed by atoms with Gasteiger partial charge in [-0.1, -0.05) is 12.1 Å². The molecule has 0 fully saturated rings. The Morgan fingerprint density at radius 1 is 0.923 bits per heavy atom. The SMILES string of the molecule is CCOC(=O)c1ccc(NC(=O)C(=O)Nc2ccccc2C(N)=O)cc1. The quantitative estimate of drug-likeness (QED) is 0.554. The number of rotatable bonds is 5. The summed E-state index contributed by atoms with van der Waals surface area (Å²) in [4.78, 5) is 46.9. The number of hydrogen-bond acceptors (Lipinski definition) is 5. The molecule has 0 atom stereocenters. The van der Waals surface area contributed by atoms with Crippen LogP contribution in [0.15, 0.2) is 48.5 Å². The van der Waals surface area contributed by atoms with E-state index < -0.39 is 23.7 Å². The molecule has 0 radical (unpaired) electrons. The third-order valence-electron chi connectivity index (χ3n) is 3.30. The molecule has 0 saturated heterocycles. The first-order valence-electron chi connectivity index (χ1n) is 7.70. The van der Waals surface area contributed by atoms with Crippen LogP contribution in [0.4, 0.5) is 11.4 Å². The van der Waals surface area contributed by atoms with Gasteiger partial charge in [0.1, 0.15) is 0 Å². The van der Waals surface area contributed by atoms with Crippen molar-refractivity contribution in [3.05, 3.63) is 59.7 Å². The molecule has 4 N–H and O–H groups in total. The van der Waals surface area contributed by atoms with Crippen molar-refractivity contribution >= 4 is 35.1 Å². The predicted octanol–water partition coefficient (Wildman–Crippen LogP) is 1.54. The molecule has 0 unspecified atom stereocenters. The molecule has 3 amide bonds. The van der Waals surface area contributed by atoms with Gasteiger partial charge in [-0.2, -0.15) is 0 Å². The Hall–Kier alpha value is -3.68. The minimum atomic E-state index is -0.965. The topological polar surface area (TPSA) is 128 Å². The first-order valence-corrected chi connectivity index (χ1v) is 7.70. The number of primary amides is 1. The maximum Gasteiger partial charge on any atom is 0.338 e. The Balaban J connectivity index is 2.02. The molecule has 0 aliphatic rings. The van der Waals surface area contributed by atoms with Crippen molar-refractivity contribution in [1.29, 1.82) is 0 Å². The highest BCUT2D eigenvalue weighted by Gasteiger charge is 2.17. The highest BCUT2D eigenvalue weighted by atomic mass is 16.5. The first kappa shape index (κ1) is 18.7. The zero-order valence-electron chi connectivity index (χ0n) is 13.9. The lowest BCUT2D eigenvalue weighted by Gasteiger charge is -2.09. The molecule has 134 valence electrons. The molecule has 0 saturated carbocycles. The summed E-state index contributed by atoms with van der Waals surface area (Å²) in [7, 11) is 0. The van der Waals surface area contributed by atoms with Crippen molar-refractivity contribution in [1.82, 2.24) is 0 Å². The Morgan fingerprint density at radius 2 is 1.54 bits per heavy atom. The standard InChI is InChI=1S/C18H17N3O5/c1-2-26-18(25)11-7-9-12(10-8-11)20-16(23)17(24)21-14-6-4-3-5-13(14)15(19)22/h3-10H,2H2,1H3,(H2,19,22)(H,20,23)(H,21,24). The van der Waals surface area contributed by atoms with E-state index in [1.165, 1.54) is 36.4 Å². The van der Waals surface area contributed by atoms with E-state index in [1.54, 1.807) is 19.1 Å². The van der Waals surface area contributed by atoms with Crippen LogP contribution in [0.1, 0.15) is 27.6 Å². The molecule has 0 aliphatic heterocycles. The molecular formula is C18H17N3O5. The third-order valence-corrected chi connectivity index (χ3v) is 3.30. The smallest absolute Gasteiger partial charge is 0.338 e. The lowest BCUT2D eigenvalue weighted by atomic mass is 10.1. The molecule has 8 nitrogen and oxygen atoms in total. The van der Waals surface area contributed by atoms with Crippen LogP contribution >= 0.6 is 0 Å². The molecule has 0 spiro atoms. The number of para-hydroxylation sites is 1. The predicted molar refractivity (Wildman–Crippen MR) is 94.6 cm³/mol. The summed E-state index contributed by atoms with van der Waals surface area (Å²) >= 11 is 0. The summed E-state index contributed by atoms with van der Waals surface area (Å²) in [6.07, 6.45) is 0. The summed E-state index contributed by atoms with van der Waals surface area (Å²) in [6.45, 7) is 1.95. The zero-order chi connectivity index (χ0) is 19.1.